The Kier molecular flexibility index (Phi) is 16.4. The predicted molar refractivity (Wildman–Crippen MR) is 355 cm³/mol. The van der Waals surface area contributed by atoms with Gasteiger partial charge in [0.25, 0.3) is 0 Å². The molecule has 0 N–H and O–H groups in total. The highest BCUT2D eigenvalue weighted by atomic mass is 15.1. The molecule has 2 heteroatoms. The van der Waals surface area contributed by atoms with Gasteiger partial charge in [0.1, 0.15) is 0 Å². The number of hydrogen-bond donors (Lipinski definition) is 0. The van der Waals surface area contributed by atoms with Crippen molar-refractivity contribution in [1.82, 2.24) is 0 Å². The van der Waals surface area contributed by atoms with Crippen LogP contribution in [0.15, 0.2) is 267 Å². The molecule has 11 rings (SSSR count). The molecule has 2 nitrogen and oxygen atoms in total. The summed E-state index contributed by atoms with van der Waals surface area (Å²) in [7, 11) is 0. The van der Waals surface area contributed by atoms with Crippen LogP contribution in [0.2, 0.25) is 0 Å². The van der Waals surface area contributed by atoms with Gasteiger partial charge in [-0.3, -0.25) is 0 Å². The molecule has 0 heterocycles. The van der Waals surface area contributed by atoms with Gasteiger partial charge in [0.15, 0.2) is 0 Å². The number of nitrogens with zero attached hydrogens (tertiary/aromatic N) is 2. The third kappa shape index (κ3) is 12.7. The molecular formula is C80H68N2. The smallest absolute Gasteiger partial charge is 0.0464 e. The van der Waals surface area contributed by atoms with Crippen LogP contribution >= 0.6 is 0 Å². The summed E-state index contributed by atoms with van der Waals surface area (Å²) in [6.45, 7) is 13.2. The van der Waals surface area contributed by atoms with Gasteiger partial charge < -0.3 is 9.80 Å². The largest absolute Gasteiger partial charge is 0.310 e. The molecule has 0 spiro atoms. The lowest BCUT2D eigenvalue weighted by atomic mass is 9.94. The SMILES string of the molecule is Cc1cccc(N(c2ccc(C=Cc3cccc(C=Cc4ccc(N(c5cccc(C)c5)c5ccc(C=C(c6ccccc6)c6ccccc6)c(C)c5)cc4C)c3)c(C)c2)c2ccc(C=C(c3ccccc3)c3ccccc3)c(C)c2)c1. The predicted octanol–water partition coefficient (Wildman–Crippen LogP) is 22.0. The van der Waals surface area contributed by atoms with E-state index in [4.69, 9.17) is 0 Å². The first-order valence-electron chi connectivity index (χ1n) is 28.4. The molecule has 0 saturated heterocycles. The monoisotopic (exact) mass is 1060 g/mol. The van der Waals surface area contributed by atoms with Crippen molar-refractivity contribution >= 4 is 81.7 Å². The molecule has 0 unspecified atom stereocenters. The number of anilines is 6. The van der Waals surface area contributed by atoms with Gasteiger partial charge in [-0.15, -0.1) is 0 Å². The van der Waals surface area contributed by atoms with Crippen LogP contribution in [0.4, 0.5) is 34.1 Å². The Morgan fingerprint density at radius 2 is 0.537 bits per heavy atom. The number of rotatable bonds is 16. The number of benzene rings is 11. The third-order valence-electron chi connectivity index (χ3n) is 15.3. The molecule has 0 aliphatic heterocycles. The minimum absolute atomic E-state index is 1.12. The molecular weight excluding hydrogens is 989 g/mol. The lowest BCUT2D eigenvalue weighted by Crippen LogP contribution is -2.11. The van der Waals surface area contributed by atoms with Crippen LogP contribution in [0.5, 0.6) is 0 Å². The van der Waals surface area contributed by atoms with Gasteiger partial charge in [-0.1, -0.05) is 212 Å². The molecule has 0 fully saturated rings. The van der Waals surface area contributed by atoms with Gasteiger partial charge in [-0.05, 0) is 233 Å². The molecule has 82 heavy (non-hydrogen) atoms. The molecule has 0 aromatic heterocycles. The highest BCUT2D eigenvalue weighted by Crippen LogP contribution is 2.40. The van der Waals surface area contributed by atoms with Crippen LogP contribution in [-0.2, 0) is 0 Å². The van der Waals surface area contributed by atoms with Gasteiger partial charge in [0.2, 0.25) is 0 Å². The summed E-state index contributed by atoms with van der Waals surface area (Å²) < 4.78 is 0. The second-order valence-electron chi connectivity index (χ2n) is 21.4. The topological polar surface area (TPSA) is 6.48 Å². The minimum Gasteiger partial charge on any atom is -0.310 e. The molecule has 0 bridgehead atoms. The second kappa shape index (κ2) is 25.0. The van der Waals surface area contributed by atoms with E-state index in [1.165, 1.54) is 89.0 Å². The second-order valence-corrected chi connectivity index (χ2v) is 21.4. The van der Waals surface area contributed by atoms with E-state index in [1.54, 1.807) is 0 Å². The van der Waals surface area contributed by atoms with E-state index in [0.29, 0.717) is 0 Å². The fourth-order valence-corrected chi connectivity index (χ4v) is 10.9. The van der Waals surface area contributed by atoms with Crippen molar-refractivity contribution in [1.29, 1.82) is 0 Å². The van der Waals surface area contributed by atoms with Gasteiger partial charge in [0.05, 0.1) is 0 Å². The Morgan fingerprint density at radius 1 is 0.244 bits per heavy atom. The Hall–Kier alpha value is -10.0. The summed E-state index contributed by atoms with van der Waals surface area (Å²) in [6, 6.07) is 96.3. The van der Waals surface area contributed by atoms with Gasteiger partial charge in [0, 0.05) is 34.1 Å². The molecule has 0 radical (unpaired) electrons. The first-order chi connectivity index (χ1) is 40.1. The zero-order chi connectivity index (χ0) is 56.4. The van der Waals surface area contributed by atoms with Gasteiger partial charge in [-0.25, -0.2) is 0 Å². The average molecular weight is 1060 g/mol. The van der Waals surface area contributed by atoms with Crippen LogP contribution in [0.3, 0.4) is 0 Å². The van der Waals surface area contributed by atoms with E-state index in [-0.39, 0.29) is 0 Å². The van der Waals surface area contributed by atoms with Crippen molar-refractivity contribution in [2.45, 2.75) is 41.5 Å². The maximum atomic E-state index is 2.38. The average Bonchev–Trinajstić information content (AvgIpc) is 3.59. The van der Waals surface area contributed by atoms with Crippen LogP contribution in [-0.4, -0.2) is 0 Å². The van der Waals surface area contributed by atoms with Crippen molar-refractivity contribution in [2.75, 3.05) is 9.80 Å². The first kappa shape index (κ1) is 54.0. The molecule has 0 atom stereocenters. The summed E-state index contributed by atoms with van der Waals surface area (Å²) in [5.41, 5.74) is 28.2. The molecule has 0 aliphatic rings. The lowest BCUT2D eigenvalue weighted by Gasteiger charge is -2.27. The fraction of sp³-hybridized carbons (Fsp3) is 0.0750. The highest BCUT2D eigenvalue weighted by molar-refractivity contribution is 5.94. The Morgan fingerprint density at radius 3 is 0.841 bits per heavy atom. The normalized spacial score (nSPS) is 11.2. The lowest BCUT2D eigenvalue weighted by molar-refractivity contribution is 1.25. The Bertz CT molecular complexity index is 3790. The molecule has 0 aliphatic carbocycles. The summed E-state index contributed by atoms with van der Waals surface area (Å²) in [5.74, 6) is 0. The van der Waals surface area contributed by atoms with Crippen LogP contribution < -0.4 is 9.80 Å². The van der Waals surface area contributed by atoms with Crippen molar-refractivity contribution in [3.63, 3.8) is 0 Å². The van der Waals surface area contributed by atoms with Crippen LogP contribution in [0, 0.1) is 41.5 Å². The Balaban J connectivity index is 0.827. The maximum Gasteiger partial charge on any atom is 0.0464 e. The summed E-state index contributed by atoms with van der Waals surface area (Å²) >= 11 is 0. The number of aryl methyl sites for hydroxylation is 6. The zero-order valence-corrected chi connectivity index (χ0v) is 47.8. The van der Waals surface area contributed by atoms with Crippen molar-refractivity contribution in [3.05, 3.63) is 356 Å². The standard InChI is InChI=1S/C80H68N2/c1-57-22-19-34-73(48-57)81(77-46-42-71(61(5)52-77)55-79(67-26-11-7-12-27-67)68-28-13-8-14-29-68)75-44-40-65(59(3)50-75)38-36-63-24-21-25-64(54-63)37-39-66-41-45-76(51-60(66)4)82(74-35-20-23-58(2)49-74)78-47-43-72(62(6)53-78)56-80(69-30-15-9-16-31-69)70-32-17-10-18-33-70/h7-56H,1-6H3. The molecule has 0 amide bonds. The van der Waals surface area contributed by atoms with Crippen LogP contribution in [0.1, 0.15) is 89.0 Å². The molecule has 0 saturated carbocycles. The van der Waals surface area contributed by atoms with Crippen LogP contribution in [0.25, 0.3) is 47.6 Å². The van der Waals surface area contributed by atoms with E-state index >= 15 is 0 Å². The van der Waals surface area contributed by atoms with Crippen molar-refractivity contribution in [3.8, 4) is 0 Å². The van der Waals surface area contributed by atoms with Gasteiger partial charge in [-0.2, -0.15) is 0 Å². The maximum absolute atomic E-state index is 2.38. The third-order valence-corrected chi connectivity index (χ3v) is 15.3. The molecule has 11 aromatic rings. The molecule has 11 aromatic carbocycles. The minimum atomic E-state index is 1.12. The first-order valence-corrected chi connectivity index (χ1v) is 28.4. The fourth-order valence-electron chi connectivity index (χ4n) is 10.9. The number of hydrogen-bond acceptors (Lipinski definition) is 2. The Labute approximate surface area is 486 Å². The summed E-state index contributed by atoms with van der Waals surface area (Å²) in [6.07, 6.45) is 13.6. The van der Waals surface area contributed by atoms with Crippen molar-refractivity contribution in [2.24, 2.45) is 0 Å². The van der Waals surface area contributed by atoms with Gasteiger partial charge >= 0.3 is 0 Å². The van der Waals surface area contributed by atoms with E-state index in [0.717, 1.165) is 45.3 Å². The summed E-state index contributed by atoms with van der Waals surface area (Å²) in [5, 5.41) is 0. The van der Waals surface area contributed by atoms with E-state index in [9.17, 15) is 0 Å². The zero-order valence-electron chi connectivity index (χ0n) is 47.8. The molecule has 398 valence electrons. The quantitative estimate of drug-likeness (QED) is 0.0890. The summed E-state index contributed by atoms with van der Waals surface area (Å²) in [4.78, 5) is 4.75. The van der Waals surface area contributed by atoms with Crippen molar-refractivity contribution < 1.29 is 0 Å². The van der Waals surface area contributed by atoms with E-state index in [1.807, 2.05) is 0 Å². The van der Waals surface area contributed by atoms with E-state index in [2.05, 4.69) is 355 Å². The van der Waals surface area contributed by atoms with E-state index < -0.39 is 0 Å². The highest BCUT2D eigenvalue weighted by Gasteiger charge is 2.18.